The zero-order valence-electron chi connectivity index (χ0n) is 8.23. The Kier molecular flexibility index (Phi) is 2.41. The monoisotopic (exact) mass is 206 g/mol. The molecule has 4 nitrogen and oxygen atoms in total. The molecule has 1 aromatic rings. The van der Waals surface area contributed by atoms with Crippen LogP contribution in [0.5, 0.6) is 0 Å². The van der Waals surface area contributed by atoms with Gasteiger partial charge in [-0.2, -0.15) is 0 Å². The van der Waals surface area contributed by atoms with Gasteiger partial charge in [-0.15, -0.1) is 0 Å². The van der Waals surface area contributed by atoms with Crippen LogP contribution in [0.2, 0.25) is 0 Å². The Morgan fingerprint density at radius 3 is 2.40 bits per heavy atom. The van der Waals surface area contributed by atoms with Gasteiger partial charge in [-0.05, 0) is 19.1 Å². The molecule has 15 heavy (non-hydrogen) atoms. The molecular weight excluding hydrogens is 196 g/mol. The van der Waals surface area contributed by atoms with Crippen molar-refractivity contribution < 1.29 is 19.1 Å². The molecule has 2 rings (SSSR count). The third-order valence-corrected chi connectivity index (χ3v) is 2.12. The highest BCUT2D eigenvalue weighted by atomic mass is 16.6. The fourth-order valence-corrected chi connectivity index (χ4v) is 1.39. The summed E-state index contributed by atoms with van der Waals surface area (Å²) in [4.78, 5) is 23.1. The lowest BCUT2D eigenvalue weighted by molar-refractivity contribution is 0.000551. The van der Waals surface area contributed by atoms with Gasteiger partial charge < -0.3 is 9.47 Å². The molecule has 1 heterocycles. The van der Waals surface area contributed by atoms with Crippen LogP contribution in [0.25, 0.3) is 0 Å². The number of rotatable bonds is 0. The van der Waals surface area contributed by atoms with Gasteiger partial charge >= 0.3 is 11.9 Å². The van der Waals surface area contributed by atoms with Crippen LogP contribution in [0.3, 0.4) is 0 Å². The minimum absolute atomic E-state index is 0.0961. The Balaban J connectivity index is 2.46. The number of esters is 2. The molecule has 0 spiro atoms. The standard InChI is InChI=1S/C11H10O4/c1-7-6-14-10(12)8-4-2-3-5-9(8)11(13)15-7/h2-5,7H,6H2,1H3. The van der Waals surface area contributed by atoms with Gasteiger partial charge in [-0.3, -0.25) is 0 Å². The lowest BCUT2D eigenvalue weighted by atomic mass is 10.1. The van der Waals surface area contributed by atoms with Gasteiger partial charge in [0.25, 0.3) is 0 Å². The van der Waals surface area contributed by atoms with Gasteiger partial charge in [0.1, 0.15) is 12.7 Å². The Morgan fingerprint density at radius 2 is 1.73 bits per heavy atom. The zero-order chi connectivity index (χ0) is 10.8. The average Bonchev–Trinajstić information content (AvgIpc) is 2.24. The Hall–Kier alpha value is -1.84. The summed E-state index contributed by atoms with van der Waals surface area (Å²) in [5, 5.41) is 0. The van der Waals surface area contributed by atoms with E-state index in [-0.39, 0.29) is 17.7 Å². The van der Waals surface area contributed by atoms with Crippen LogP contribution in [0.4, 0.5) is 0 Å². The predicted octanol–water partition coefficient (Wildman–Crippen LogP) is 1.40. The molecule has 0 amide bonds. The fourth-order valence-electron chi connectivity index (χ4n) is 1.39. The topological polar surface area (TPSA) is 52.6 Å². The van der Waals surface area contributed by atoms with Crippen molar-refractivity contribution in [2.45, 2.75) is 13.0 Å². The molecule has 4 heteroatoms. The number of ether oxygens (including phenoxy) is 2. The average molecular weight is 206 g/mol. The van der Waals surface area contributed by atoms with E-state index in [9.17, 15) is 9.59 Å². The summed E-state index contributed by atoms with van der Waals surface area (Å²) in [5.41, 5.74) is 0.517. The molecule has 0 bridgehead atoms. The zero-order valence-corrected chi connectivity index (χ0v) is 8.23. The van der Waals surface area contributed by atoms with Crippen molar-refractivity contribution in [2.24, 2.45) is 0 Å². The first kappa shape index (κ1) is 9.71. The second-order valence-corrected chi connectivity index (χ2v) is 3.36. The number of carbonyl (C=O) groups is 2. The normalized spacial score (nSPS) is 20.7. The van der Waals surface area contributed by atoms with E-state index in [0.717, 1.165) is 0 Å². The van der Waals surface area contributed by atoms with E-state index < -0.39 is 18.0 Å². The Bertz CT molecular complexity index is 411. The number of fused-ring (bicyclic) bond motifs is 1. The first-order valence-corrected chi connectivity index (χ1v) is 4.65. The maximum atomic E-state index is 11.6. The van der Waals surface area contributed by atoms with Crippen molar-refractivity contribution in [3.8, 4) is 0 Å². The Labute approximate surface area is 86.8 Å². The highest BCUT2D eigenvalue weighted by Crippen LogP contribution is 2.15. The van der Waals surface area contributed by atoms with Gasteiger partial charge in [0.2, 0.25) is 0 Å². The molecule has 1 unspecified atom stereocenters. The van der Waals surface area contributed by atoms with Crippen LogP contribution in [0.15, 0.2) is 24.3 Å². The molecule has 1 atom stereocenters. The molecule has 0 saturated heterocycles. The number of benzene rings is 1. The summed E-state index contributed by atoms with van der Waals surface area (Å²) in [5.74, 6) is -0.955. The summed E-state index contributed by atoms with van der Waals surface area (Å²) < 4.78 is 10.0. The van der Waals surface area contributed by atoms with Crippen LogP contribution in [-0.4, -0.2) is 24.6 Å². The van der Waals surface area contributed by atoms with Crippen LogP contribution in [0, 0.1) is 0 Å². The maximum absolute atomic E-state index is 11.6. The highest BCUT2D eigenvalue weighted by Gasteiger charge is 2.24. The largest absolute Gasteiger partial charge is 0.458 e. The highest BCUT2D eigenvalue weighted by molar-refractivity contribution is 6.03. The summed E-state index contributed by atoms with van der Waals surface area (Å²) in [6.45, 7) is 1.78. The molecule has 0 saturated carbocycles. The first-order valence-electron chi connectivity index (χ1n) is 4.65. The first-order chi connectivity index (χ1) is 7.18. The number of hydrogen-bond acceptors (Lipinski definition) is 4. The van der Waals surface area contributed by atoms with E-state index in [2.05, 4.69) is 0 Å². The van der Waals surface area contributed by atoms with Crippen molar-refractivity contribution in [1.29, 1.82) is 0 Å². The van der Waals surface area contributed by atoms with E-state index >= 15 is 0 Å². The quantitative estimate of drug-likeness (QED) is 0.602. The second-order valence-electron chi connectivity index (χ2n) is 3.36. The molecule has 0 aliphatic carbocycles. The van der Waals surface area contributed by atoms with E-state index in [1.54, 1.807) is 31.2 Å². The van der Waals surface area contributed by atoms with E-state index in [4.69, 9.17) is 9.47 Å². The lowest BCUT2D eigenvalue weighted by Gasteiger charge is -2.18. The Morgan fingerprint density at radius 1 is 1.13 bits per heavy atom. The van der Waals surface area contributed by atoms with Crippen molar-refractivity contribution in [2.75, 3.05) is 6.61 Å². The molecule has 1 aromatic carbocycles. The number of cyclic esters (lactones) is 2. The predicted molar refractivity (Wildman–Crippen MR) is 51.6 cm³/mol. The molecule has 0 N–H and O–H groups in total. The number of hydrogen-bond donors (Lipinski definition) is 0. The summed E-state index contributed by atoms with van der Waals surface area (Å²) in [6, 6.07) is 6.46. The molecule has 1 aliphatic rings. The third-order valence-electron chi connectivity index (χ3n) is 2.12. The SMILES string of the molecule is CC1COC(=O)c2ccccc2C(=O)O1. The molecule has 0 radical (unpaired) electrons. The van der Waals surface area contributed by atoms with Gasteiger partial charge in [0.15, 0.2) is 0 Å². The summed E-state index contributed by atoms with van der Waals surface area (Å²) in [7, 11) is 0. The lowest BCUT2D eigenvalue weighted by Crippen LogP contribution is -2.27. The molecule has 78 valence electrons. The van der Waals surface area contributed by atoms with Gasteiger partial charge in [-0.1, -0.05) is 12.1 Å². The van der Waals surface area contributed by atoms with Gasteiger partial charge in [0, 0.05) is 0 Å². The smallest absolute Gasteiger partial charge is 0.339 e. The molecule has 0 aromatic heterocycles. The molecule has 1 aliphatic heterocycles. The van der Waals surface area contributed by atoms with Crippen LogP contribution in [0.1, 0.15) is 27.6 Å². The minimum Gasteiger partial charge on any atom is -0.458 e. The third kappa shape index (κ3) is 1.83. The fraction of sp³-hybridized carbons (Fsp3) is 0.273. The van der Waals surface area contributed by atoms with Gasteiger partial charge in [-0.25, -0.2) is 9.59 Å². The van der Waals surface area contributed by atoms with Gasteiger partial charge in [0.05, 0.1) is 11.1 Å². The van der Waals surface area contributed by atoms with Crippen molar-refractivity contribution >= 4 is 11.9 Å². The van der Waals surface area contributed by atoms with E-state index in [0.29, 0.717) is 0 Å². The van der Waals surface area contributed by atoms with Crippen molar-refractivity contribution in [3.05, 3.63) is 35.4 Å². The van der Waals surface area contributed by atoms with Crippen LogP contribution < -0.4 is 0 Å². The summed E-state index contributed by atoms with van der Waals surface area (Å²) in [6.07, 6.45) is -0.408. The van der Waals surface area contributed by atoms with Crippen molar-refractivity contribution in [1.82, 2.24) is 0 Å². The molecular formula is C11H10O4. The summed E-state index contributed by atoms with van der Waals surface area (Å²) >= 11 is 0. The van der Waals surface area contributed by atoms with E-state index in [1.165, 1.54) is 0 Å². The minimum atomic E-state index is -0.478. The number of carbonyl (C=O) groups excluding carboxylic acids is 2. The van der Waals surface area contributed by atoms with E-state index in [1.807, 2.05) is 0 Å². The van der Waals surface area contributed by atoms with Crippen LogP contribution in [-0.2, 0) is 9.47 Å². The maximum Gasteiger partial charge on any atom is 0.339 e. The molecule has 0 fully saturated rings. The van der Waals surface area contributed by atoms with Crippen molar-refractivity contribution in [3.63, 3.8) is 0 Å². The van der Waals surface area contributed by atoms with Crippen LogP contribution >= 0.6 is 0 Å². The second kappa shape index (κ2) is 3.73.